The molecule has 2 amide bonds. The van der Waals surface area contributed by atoms with Gasteiger partial charge in [0.15, 0.2) is 24.7 Å². The third kappa shape index (κ3) is 8.24. The van der Waals surface area contributed by atoms with Crippen LogP contribution in [0.1, 0.15) is 15.9 Å². The van der Waals surface area contributed by atoms with Crippen molar-refractivity contribution in [1.82, 2.24) is 0 Å². The van der Waals surface area contributed by atoms with Gasteiger partial charge in [-0.1, -0.05) is 28.1 Å². The quantitative estimate of drug-likeness (QED) is 0.333. The van der Waals surface area contributed by atoms with Gasteiger partial charge in [0.25, 0.3) is 11.8 Å². The van der Waals surface area contributed by atoms with Crippen LogP contribution in [0.5, 0.6) is 11.5 Å². The van der Waals surface area contributed by atoms with Gasteiger partial charge < -0.3 is 24.8 Å². The summed E-state index contributed by atoms with van der Waals surface area (Å²) in [6.45, 7) is -1.06. The summed E-state index contributed by atoms with van der Waals surface area (Å²) in [4.78, 5) is 36.5. The van der Waals surface area contributed by atoms with Gasteiger partial charge >= 0.3 is 12.1 Å². The first-order chi connectivity index (χ1) is 17.5. The molecule has 0 saturated carbocycles. The molecule has 2 N–H and O–H groups in total. The first-order valence-electron chi connectivity index (χ1n) is 10.6. The molecule has 0 radical (unpaired) electrons. The maximum atomic E-state index is 12.8. The number of anilines is 2. The van der Waals surface area contributed by atoms with E-state index in [4.69, 9.17) is 14.2 Å². The van der Waals surface area contributed by atoms with Crippen LogP contribution in [0.4, 0.5) is 24.5 Å². The fourth-order valence-corrected chi connectivity index (χ4v) is 3.40. The number of methoxy groups -OCH3 is 1. The van der Waals surface area contributed by atoms with Crippen molar-refractivity contribution in [2.24, 2.45) is 0 Å². The highest BCUT2D eigenvalue weighted by Gasteiger charge is 2.30. The van der Waals surface area contributed by atoms with E-state index in [1.54, 1.807) is 24.3 Å². The summed E-state index contributed by atoms with van der Waals surface area (Å²) >= 11 is 3.29. The molecule has 0 heterocycles. The van der Waals surface area contributed by atoms with E-state index in [-0.39, 0.29) is 22.7 Å². The number of alkyl halides is 3. The molecule has 0 aliphatic carbocycles. The molecule has 0 saturated heterocycles. The van der Waals surface area contributed by atoms with Gasteiger partial charge in [0.05, 0.1) is 18.2 Å². The van der Waals surface area contributed by atoms with Crippen molar-refractivity contribution in [3.63, 3.8) is 0 Å². The van der Waals surface area contributed by atoms with Gasteiger partial charge in [-0.3, -0.25) is 9.59 Å². The van der Waals surface area contributed by atoms with Gasteiger partial charge in [-0.2, -0.15) is 13.2 Å². The Morgan fingerprint density at radius 3 is 2.14 bits per heavy atom. The number of carbonyl (C=O) groups is 3. The lowest BCUT2D eigenvalue weighted by Crippen LogP contribution is -2.21. The molecule has 194 valence electrons. The second-order valence-electron chi connectivity index (χ2n) is 7.42. The highest BCUT2D eigenvalue weighted by Crippen LogP contribution is 2.31. The fraction of sp³-hybridized carbons (Fsp3) is 0.160. The summed E-state index contributed by atoms with van der Waals surface area (Å²) < 4.78 is 54.9. The van der Waals surface area contributed by atoms with Crippen LogP contribution in [0, 0.1) is 0 Å². The summed E-state index contributed by atoms with van der Waals surface area (Å²) in [6, 6.07) is 15.1. The van der Waals surface area contributed by atoms with E-state index >= 15 is 0 Å². The minimum Gasteiger partial charge on any atom is -0.493 e. The molecular formula is C25H20BrF3N2O6. The number of nitrogens with one attached hydrogen (secondary N) is 2. The number of amides is 2. The van der Waals surface area contributed by atoms with Crippen molar-refractivity contribution in [2.75, 3.05) is 31.0 Å². The van der Waals surface area contributed by atoms with Gasteiger partial charge in [0, 0.05) is 15.8 Å². The third-order valence-corrected chi connectivity index (χ3v) is 5.17. The number of esters is 1. The topological polar surface area (TPSA) is 103 Å². The lowest BCUT2D eigenvalue weighted by atomic mass is 10.2. The molecule has 0 bridgehead atoms. The van der Waals surface area contributed by atoms with E-state index < -0.39 is 42.7 Å². The summed E-state index contributed by atoms with van der Waals surface area (Å²) in [5.74, 6) is -1.84. The Kier molecular flexibility index (Phi) is 9.12. The van der Waals surface area contributed by atoms with Gasteiger partial charge in [0.2, 0.25) is 0 Å². The number of halogens is 4. The van der Waals surface area contributed by atoms with Crippen molar-refractivity contribution < 1.29 is 41.8 Å². The summed E-state index contributed by atoms with van der Waals surface area (Å²) in [7, 11) is 1.31. The maximum Gasteiger partial charge on any atom is 0.416 e. The predicted octanol–water partition coefficient (Wildman–Crippen LogP) is 5.29. The minimum absolute atomic E-state index is 0.0441. The zero-order chi connectivity index (χ0) is 27.0. The molecule has 3 aromatic rings. The Balaban J connectivity index is 1.54. The number of ether oxygens (including phenoxy) is 3. The number of benzene rings is 3. The van der Waals surface area contributed by atoms with Crippen molar-refractivity contribution >= 4 is 45.1 Å². The van der Waals surface area contributed by atoms with Crippen LogP contribution in [-0.2, 0) is 20.5 Å². The molecule has 0 aromatic heterocycles. The van der Waals surface area contributed by atoms with E-state index in [9.17, 15) is 27.6 Å². The molecule has 0 spiro atoms. The van der Waals surface area contributed by atoms with E-state index in [0.717, 1.165) is 16.6 Å². The molecule has 12 heteroatoms. The Morgan fingerprint density at radius 2 is 1.49 bits per heavy atom. The Morgan fingerprint density at radius 1 is 0.838 bits per heavy atom. The summed E-state index contributed by atoms with van der Waals surface area (Å²) in [5, 5.41) is 4.91. The van der Waals surface area contributed by atoms with Gasteiger partial charge in [0.1, 0.15) is 0 Å². The van der Waals surface area contributed by atoms with Crippen molar-refractivity contribution in [3.8, 4) is 11.5 Å². The Labute approximate surface area is 217 Å². The van der Waals surface area contributed by atoms with E-state index in [0.29, 0.717) is 5.69 Å². The van der Waals surface area contributed by atoms with Crippen molar-refractivity contribution in [1.29, 1.82) is 0 Å². The molecule has 3 rings (SSSR count). The van der Waals surface area contributed by atoms with E-state index in [1.807, 2.05) is 0 Å². The second-order valence-corrected chi connectivity index (χ2v) is 8.33. The zero-order valence-electron chi connectivity index (χ0n) is 19.2. The number of rotatable bonds is 9. The molecule has 0 aliphatic heterocycles. The SMILES string of the molecule is COc1cc(C(=O)OCC(=O)Nc2cccc(Br)c2)ccc1OCC(=O)Nc1cccc(C(F)(F)F)c1. The zero-order valence-corrected chi connectivity index (χ0v) is 20.8. The molecule has 37 heavy (non-hydrogen) atoms. The first-order valence-corrected chi connectivity index (χ1v) is 11.3. The highest BCUT2D eigenvalue weighted by molar-refractivity contribution is 9.10. The Hall–Kier alpha value is -4.06. The lowest BCUT2D eigenvalue weighted by Gasteiger charge is -2.13. The lowest BCUT2D eigenvalue weighted by molar-refractivity contribution is -0.137. The standard InChI is InChI=1S/C25H20BrF3N2O6/c1-35-21-10-15(24(34)37-14-23(33)31-19-7-3-5-17(26)12-19)8-9-20(21)36-13-22(32)30-18-6-2-4-16(11-18)25(27,28)29/h2-12H,13-14H2,1H3,(H,30,32)(H,31,33). The van der Waals surface area contributed by atoms with Crippen LogP contribution in [-0.4, -0.2) is 38.1 Å². The highest BCUT2D eigenvalue weighted by atomic mass is 79.9. The van der Waals surface area contributed by atoms with Crippen molar-refractivity contribution in [2.45, 2.75) is 6.18 Å². The monoisotopic (exact) mass is 580 g/mol. The van der Waals surface area contributed by atoms with Crippen LogP contribution in [0.25, 0.3) is 0 Å². The molecule has 8 nitrogen and oxygen atoms in total. The Bertz CT molecular complexity index is 1300. The average molecular weight is 581 g/mol. The van der Waals surface area contributed by atoms with Crippen LogP contribution < -0.4 is 20.1 Å². The average Bonchev–Trinajstić information content (AvgIpc) is 2.85. The normalized spacial score (nSPS) is 10.8. The smallest absolute Gasteiger partial charge is 0.416 e. The minimum atomic E-state index is -4.55. The van der Waals surface area contributed by atoms with Crippen LogP contribution in [0.15, 0.2) is 71.2 Å². The van der Waals surface area contributed by atoms with Gasteiger partial charge in [-0.15, -0.1) is 0 Å². The molecule has 0 atom stereocenters. The van der Waals surface area contributed by atoms with E-state index in [1.165, 1.54) is 37.4 Å². The van der Waals surface area contributed by atoms with Gasteiger partial charge in [-0.05, 0) is 54.6 Å². The molecular weight excluding hydrogens is 561 g/mol. The number of hydrogen-bond donors (Lipinski definition) is 2. The molecule has 0 unspecified atom stereocenters. The summed E-state index contributed by atoms with van der Waals surface area (Å²) in [5.41, 5.74) is -0.359. The largest absolute Gasteiger partial charge is 0.493 e. The second kappa shape index (κ2) is 12.3. The first kappa shape index (κ1) is 27.5. The van der Waals surface area contributed by atoms with E-state index in [2.05, 4.69) is 26.6 Å². The maximum absolute atomic E-state index is 12.8. The number of hydrogen-bond acceptors (Lipinski definition) is 6. The number of carbonyl (C=O) groups excluding carboxylic acids is 3. The predicted molar refractivity (Wildman–Crippen MR) is 132 cm³/mol. The molecule has 0 aliphatic rings. The third-order valence-electron chi connectivity index (χ3n) is 4.67. The molecule has 3 aromatic carbocycles. The van der Waals surface area contributed by atoms with Gasteiger partial charge in [-0.25, -0.2) is 4.79 Å². The summed E-state index contributed by atoms with van der Waals surface area (Å²) in [6.07, 6.45) is -4.55. The molecule has 0 fully saturated rings. The van der Waals surface area contributed by atoms with Crippen LogP contribution in [0.3, 0.4) is 0 Å². The van der Waals surface area contributed by atoms with Crippen LogP contribution in [0.2, 0.25) is 0 Å². The van der Waals surface area contributed by atoms with Crippen LogP contribution >= 0.6 is 15.9 Å². The van der Waals surface area contributed by atoms with Crippen molar-refractivity contribution in [3.05, 3.63) is 82.3 Å². The fourth-order valence-electron chi connectivity index (χ4n) is 3.01.